The molecule has 0 aliphatic carbocycles. The van der Waals surface area contributed by atoms with E-state index < -0.39 is 17.7 Å². The van der Waals surface area contributed by atoms with Gasteiger partial charge in [-0.1, -0.05) is 0 Å². The highest BCUT2D eigenvalue weighted by Crippen LogP contribution is 2.19. The SMILES string of the molecule is COC(=O)CC(=Nc1ccc2[nH]c(=O)oc2c1)C(=O)OC. The van der Waals surface area contributed by atoms with Gasteiger partial charge in [0.1, 0.15) is 5.71 Å². The number of H-pyrrole nitrogens is 1. The summed E-state index contributed by atoms with van der Waals surface area (Å²) in [7, 11) is 2.39. The maximum Gasteiger partial charge on any atom is 0.417 e. The molecule has 1 heterocycles. The Morgan fingerprint density at radius 1 is 1.29 bits per heavy atom. The van der Waals surface area contributed by atoms with Crippen molar-refractivity contribution in [2.45, 2.75) is 6.42 Å². The van der Waals surface area contributed by atoms with Gasteiger partial charge in [-0.2, -0.15) is 0 Å². The van der Waals surface area contributed by atoms with E-state index in [9.17, 15) is 14.4 Å². The van der Waals surface area contributed by atoms with Crippen molar-refractivity contribution in [3.63, 3.8) is 0 Å². The highest BCUT2D eigenvalue weighted by molar-refractivity contribution is 6.39. The van der Waals surface area contributed by atoms with E-state index in [1.165, 1.54) is 20.3 Å². The third-order valence-electron chi connectivity index (χ3n) is 2.63. The highest BCUT2D eigenvalue weighted by Gasteiger charge is 2.17. The Labute approximate surface area is 118 Å². The molecule has 0 aliphatic rings. The summed E-state index contributed by atoms with van der Waals surface area (Å²) in [6.45, 7) is 0. The number of aromatic nitrogens is 1. The van der Waals surface area contributed by atoms with Crippen LogP contribution in [0, 0.1) is 0 Å². The number of benzene rings is 1. The molecule has 1 aromatic heterocycles. The number of nitrogens with one attached hydrogen (secondary N) is 1. The lowest BCUT2D eigenvalue weighted by molar-refractivity contribution is -0.140. The fourth-order valence-corrected chi connectivity index (χ4v) is 1.64. The first kappa shape index (κ1) is 14.5. The zero-order valence-corrected chi connectivity index (χ0v) is 11.3. The minimum Gasteiger partial charge on any atom is -0.469 e. The van der Waals surface area contributed by atoms with Gasteiger partial charge >= 0.3 is 17.7 Å². The average Bonchev–Trinajstić information content (AvgIpc) is 2.84. The van der Waals surface area contributed by atoms with Crippen LogP contribution in [0.2, 0.25) is 0 Å². The van der Waals surface area contributed by atoms with Gasteiger partial charge in [-0.15, -0.1) is 0 Å². The van der Waals surface area contributed by atoms with Crippen LogP contribution in [0.3, 0.4) is 0 Å². The number of aromatic amines is 1. The maximum atomic E-state index is 11.6. The summed E-state index contributed by atoms with van der Waals surface area (Å²) < 4.78 is 13.9. The van der Waals surface area contributed by atoms with E-state index in [1.54, 1.807) is 12.1 Å². The lowest BCUT2D eigenvalue weighted by Crippen LogP contribution is -2.20. The zero-order valence-electron chi connectivity index (χ0n) is 11.3. The quantitative estimate of drug-likeness (QED) is 0.662. The number of hydrogen-bond donors (Lipinski definition) is 1. The van der Waals surface area contributed by atoms with Crippen LogP contribution in [0.4, 0.5) is 5.69 Å². The second-order valence-corrected chi connectivity index (χ2v) is 4.00. The monoisotopic (exact) mass is 292 g/mol. The molecule has 110 valence electrons. The minimum atomic E-state index is -0.740. The molecule has 2 rings (SSSR count). The summed E-state index contributed by atoms with van der Waals surface area (Å²) in [5.41, 5.74) is 1.03. The van der Waals surface area contributed by atoms with E-state index in [-0.39, 0.29) is 12.1 Å². The van der Waals surface area contributed by atoms with Gasteiger partial charge in [0.15, 0.2) is 5.58 Å². The Hall–Kier alpha value is -2.90. The third kappa shape index (κ3) is 3.35. The highest BCUT2D eigenvalue weighted by atomic mass is 16.5. The largest absolute Gasteiger partial charge is 0.469 e. The summed E-state index contributed by atoms with van der Waals surface area (Å²) >= 11 is 0. The fraction of sp³-hybridized carbons (Fsp3) is 0.231. The van der Waals surface area contributed by atoms with Crippen molar-refractivity contribution >= 4 is 34.4 Å². The van der Waals surface area contributed by atoms with Gasteiger partial charge in [0.05, 0.1) is 31.8 Å². The number of oxazole rings is 1. The molecule has 0 aliphatic heterocycles. The molecule has 0 saturated heterocycles. The first-order chi connectivity index (χ1) is 10.0. The van der Waals surface area contributed by atoms with Crippen molar-refractivity contribution < 1.29 is 23.5 Å². The second-order valence-electron chi connectivity index (χ2n) is 4.00. The number of carbonyl (C=O) groups excluding carboxylic acids is 2. The molecule has 8 heteroatoms. The van der Waals surface area contributed by atoms with E-state index in [0.29, 0.717) is 16.8 Å². The smallest absolute Gasteiger partial charge is 0.417 e. The number of rotatable bonds is 4. The molecule has 0 radical (unpaired) electrons. The first-order valence-electron chi connectivity index (χ1n) is 5.89. The van der Waals surface area contributed by atoms with Gasteiger partial charge in [-0.05, 0) is 12.1 Å². The van der Waals surface area contributed by atoms with E-state index in [1.807, 2.05) is 0 Å². The van der Waals surface area contributed by atoms with Crippen LogP contribution in [0.5, 0.6) is 0 Å². The van der Waals surface area contributed by atoms with Crippen LogP contribution in [-0.4, -0.2) is 36.9 Å². The average molecular weight is 292 g/mol. The lowest BCUT2D eigenvalue weighted by atomic mass is 10.2. The summed E-state index contributed by atoms with van der Waals surface area (Å²) in [4.78, 5) is 40.5. The molecule has 0 spiro atoms. The Morgan fingerprint density at radius 3 is 2.71 bits per heavy atom. The Morgan fingerprint density at radius 2 is 2.05 bits per heavy atom. The summed E-state index contributed by atoms with van der Waals surface area (Å²) in [5.74, 6) is -1.95. The van der Waals surface area contributed by atoms with Gasteiger partial charge < -0.3 is 13.9 Å². The van der Waals surface area contributed by atoms with Crippen molar-refractivity contribution in [2.75, 3.05) is 14.2 Å². The van der Waals surface area contributed by atoms with Crippen LogP contribution in [0.25, 0.3) is 11.1 Å². The number of carbonyl (C=O) groups is 2. The van der Waals surface area contributed by atoms with Crippen LogP contribution in [0.15, 0.2) is 32.4 Å². The number of methoxy groups -OCH3 is 2. The molecule has 0 fully saturated rings. The van der Waals surface area contributed by atoms with Crippen molar-refractivity contribution in [3.05, 3.63) is 28.7 Å². The molecule has 0 amide bonds. The fourth-order valence-electron chi connectivity index (χ4n) is 1.64. The topological polar surface area (TPSA) is 111 Å². The third-order valence-corrected chi connectivity index (χ3v) is 2.63. The summed E-state index contributed by atoms with van der Waals surface area (Å²) in [5, 5.41) is 0. The molecule has 1 N–H and O–H groups in total. The zero-order chi connectivity index (χ0) is 15.4. The maximum absolute atomic E-state index is 11.6. The molecule has 2 aromatic rings. The summed E-state index contributed by atoms with van der Waals surface area (Å²) in [6, 6.07) is 4.60. The number of hydrogen-bond acceptors (Lipinski definition) is 7. The van der Waals surface area contributed by atoms with E-state index in [2.05, 4.69) is 19.5 Å². The number of ether oxygens (including phenoxy) is 2. The van der Waals surface area contributed by atoms with Crippen LogP contribution >= 0.6 is 0 Å². The molecule has 0 unspecified atom stereocenters. The minimum absolute atomic E-state index is 0.110. The van der Waals surface area contributed by atoms with Crippen molar-refractivity contribution in [2.24, 2.45) is 4.99 Å². The normalized spacial score (nSPS) is 11.4. The van der Waals surface area contributed by atoms with E-state index in [4.69, 9.17) is 4.42 Å². The summed E-state index contributed by atoms with van der Waals surface area (Å²) in [6.07, 6.45) is -0.321. The molecule has 0 atom stereocenters. The van der Waals surface area contributed by atoms with Gasteiger partial charge in [0.25, 0.3) is 0 Å². The van der Waals surface area contributed by atoms with Crippen molar-refractivity contribution in [1.82, 2.24) is 4.98 Å². The van der Waals surface area contributed by atoms with E-state index >= 15 is 0 Å². The standard InChI is InChI=1S/C13H12N2O6/c1-19-11(16)6-9(12(17)20-2)14-7-3-4-8-10(5-7)21-13(18)15-8/h3-5H,6H2,1-2H3,(H,15,18). The molecular formula is C13H12N2O6. The molecule has 21 heavy (non-hydrogen) atoms. The number of fused-ring (bicyclic) bond motifs is 1. The second kappa shape index (κ2) is 6.04. The van der Waals surface area contributed by atoms with Crippen molar-refractivity contribution in [3.8, 4) is 0 Å². The molecular weight excluding hydrogens is 280 g/mol. The number of esters is 2. The Balaban J connectivity index is 2.40. The van der Waals surface area contributed by atoms with Gasteiger partial charge in [-0.3, -0.25) is 9.78 Å². The number of nitrogens with zero attached hydrogens (tertiary/aromatic N) is 1. The van der Waals surface area contributed by atoms with Gasteiger partial charge in [-0.25, -0.2) is 14.6 Å². The Kier molecular flexibility index (Phi) is 4.17. The van der Waals surface area contributed by atoms with Crippen molar-refractivity contribution in [1.29, 1.82) is 0 Å². The molecule has 0 bridgehead atoms. The predicted molar refractivity (Wildman–Crippen MR) is 72.6 cm³/mol. The van der Waals surface area contributed by atoms with Crippen LogP contribution < -0.4 is 5.76 Å². The van der Waals surface area contributed by atoms with E-state index in [0.717, 1.165) is 0 Å². The molecule has 1 aromatic carbocycles. The molecule has 8 nitrogen and oxygen atoms in total. The first-order valence-corrected chi connectivity index (χ1v) is 5.89. The van der Waals surface area contributed by atoms with Gasteiger partial charge in [0.2, 0.25) is 0 Å². The number of aliphatic imine (C=N–C) groups is 1. The predicted octanol–water partition coefficient (Wildman–Crippen LogP) is 0.930. The molecule has 0 saturated carbocycles. The Bertz CT molecular complexity index is 770. The lowest BCUT2D eigenvalue weighted by Gasteiger charge is -2.03. The van der Waals surface area contributed by atoms with Crippen LogP contribution in [-0.2, 0) is 19.1 Å². The van der Waals surface area contributed by atoms with Crippen LogP contribution in [0.1, 0.15) is 6.42 Å². The van der Waals surface area contributed by atoms with Gasteiger partial charge in [0, 0.05) is 6.07 Å².